The lowest BCUT2D eigenvalue weighted by Crippen LogP contribution is -2.28. The Balaban J connectivity index is 2.03. The third-order valence-electron chi connectivity index (χ3n) is 4.11. The van der Waals surface area contributed by atoms with Gasteiger partial charge in [-0.3, -0.25) is 4.90 Å². The van der Waals surface area contributed by atoms with E-state index in [1.807, 2.05) is 0 Å². The maximum atomic E-state index is 3.53. The Bertz CT molecular complexity index is 400. The number of hydrogen-bond donors (Lipinski definition) is 1. The average Bonchev–Trinajstić information content (AvgIpc) is 2.67. The summed E-state index contributed by atoms with van der Waals surface area (Å²) < 4.78 is 0. The molecule has 0 radical (unpaired) electrons. The van der Waals surface area contributed by atoms with Gasteiger partial charge in [0.25, 0.3) is 0 Å². The van der Waals surface area contributed by atoms with Crippen LogP contribution in [0.3, 0.4) is 0 Å². The molecule has 0 bridgehead atoms. The third kappa shape index (κ3) is 4.05. The Labute approximate surface area is 118 Å². The average molecular weight is 260 g/mol. The molecule has 2 nitrogen and oxygen atoms in total. The number of nitrogens with one attached hydrogen (secondary N) is 1. The van der Waals surface area contributed by atoms with E-state index < -0.39 is 0 Å². The van der Waals surface area contributed by atoms with Gasteiger partial charge in [-0.05, 0) is 30.4 Å². The highest BCUT2D eigenvalue weighted by molar-refractivity contribution is 5.27. The quantitative estimate of drug-likeness (QED) is 0.872. The van der Waals surface area contributed by atoms with Crippen molar-refractivity contribution in [3.63, 3.8) is 0 Å². The zero-order chi connectivity index (χ0) is 13.8. The lowest BCUT2D eigenvalue weighted by atomic mass is 10.1. The highest BCUT2D eigenvalue weighted by Gasteiger charge is 2.26. The molecule has 2 rings (SSSR count). The van der Waals surface area contributed by atoms with Crippen LogP contribution in [-0.4, -0.2) is 23.5 Å². The normalized spacial score (nSPS) is 24.3. The fourth-order valence-corrected chi connectivity index (χ4v) is 3.02. The van der Waals surface area contributed by atoms with Gasteiger partial charge in [0.05, 0.1) is 0 Å². The monoisotopic (exact) mass is 260 g/mol. The van der Waals surface area contributed by atoms with E-state index in [-0.39, 0.29) is 0 Å². The van der Waals surface area contributed by atoms with Gasteiger partial charge < -0.3 is 5.32 Å². The molecule has 2 atom stereocenters. The summed E-state index contributed by atoms with van der Waals surface area (Å²) in [4.78, 5) is 2.62. The zero-order valence-electron chi connectivity index (χ0n) is 12.8. The summed E-state index contributed by atoms with van der Waals surface area (Å²) in [5.74, 6) is 0.843. The molecule has 0 saturated carbocycles. The third-order valence-corrected chi connectivity index (χ3v) is 4.11. The van der Waals surface area contributed by atoms with Gasteiger partial charge in [0.1, 0.15) is 0 Å². The molecule has 2 heteroatoms. The molecular formula is C17H28N2. The van der Waals surface area contributed by atoms with Crippen molar-refractivity contribution < 1.29 is 0 Å². The second-order valence-corrected chi connectivity index (χ2v) is 6.42. The van der Waals surface area contributed by atoms with Crippen LogP contribution in [0.15, 0.2) is 24.3 Å². The summed E-state index contributed by atoms with van der Waals surface area (Å²) in [7, 11) is 0. The van der Waals surface area contributed by atoms with Gasteiger partial charge in [-0.15, -0.1) is 0 Å². The molecule has 0 aliphatic carbocycles. The number of nitrogens with zero attached hydrogens (tertiary/aromatic N) is 1. The summed E-state index contributed by atoms with van der Waals surface area (Å²) in [6, 6.07) is 10.1. The zero-order valence-corrected chi connectivity index (χ0v) is 12.8. The van der Waals surface area contributed by atoms with E-state index in [1.165, 1.54) is 24.1 Å². The molecule has 0 amide bonds. The minimum absolute atomic E-state index is 0.541. The summed E-state index contributed by atoms with van der Waals surface area (Å²) in [6.07, 6.45) is 1.34. The molecule has 1 aromatic rings. The lowest BCUT2D eigenvalue weighted by Gasteiger charge is -2.23. The van der Waals surface area contributed by atoms with Crippen molar-refractivity contribution in [1.82, 2.24) is 10.2 Å². The van der Waals surface area contributed by atoms with E-state index >= 15 is 0 Å². The first kappa shape index (κ1) is 14.5. The Hall–Kier alpha value is -0.860. The largest absolute Gasteiger partial charge is 0.310 e. The standard InChI is InChI=1S/C17H28N2/c1-13(2)18-10-16-7-5-6-8-17(16)12-19-11-14(3)9-15(19)4/h5-8,13-15,18H,9-12H2,1-4H3. The molecular weight excluding hydrogens is 232 g/mol. The molecule has 19 heavy (non-hydrogen) atoms. The molecule has 0 spiro atoms. The Morgan fingerprint density at radius 2 is 1.89 bits per heavy atom. The van der Waals surface area contributed by atoms with Gasteiger partial charge in [0.2, 0.25) is 0 Å². The van der Waals surface area contributed by atoms with Crippen molar-refractivity contribution >= 4 is 0 Å². The van der Waals surface area contributed by atoms with Gasteiger partial charge in [-0.2, -0.15) is 0 Å². The van der Waals surface area contributed by atoms with Crippen LogP contribution in [0.4, 0.5) is 0 Å². The highest BCUT2D eigenvalue weighted by atomic mass is 15.2. The molecule has 1 N–H and O–H groups in total. The van der Waals surface area contributed by atoms with Gasteiger partial charge >= 0.3 is 0 Å². The number of benzene rings is 1. The lowest BCUT2D eigenvalue weighted by molar-refractivity contribution is 0.255. The van der Waals surface area contributed by atoms with Gasteiger partial charge in [-0.1, -0.05) is 45.0 Å². The molecule has 1 aliphatic heterocycles. The minimum atomic E-state index is 0.541. The molecule has 1 aromatic carbocycles. The Morgan fingerprint density at radius 1 is 1.21 bits per heavy atom. The molecule has 1 aliphatic rings. The molecule has 0 aromatic heterocycles. The first-order valence-corrected chi connectivity index (χ1v) is 7.60. The van der Waals surface area contributed by atoms with Crippen molar-refractivity contribution in [2.45, 2.75) is 59.3 Å². The summed E-state index contributed by atoms with van der Waals surface area (Å²) in [6.45, 7) is 12.4. The van der Waals surface area contributed by atoms with Crippen molar-refractivity contribution in [1.29, 1.82) is 0 Å². The van der Waals surface area contributed by atoms with Crippen molar-refractivity contribution in [3.8, 4) is 0 Å². The topological polar surface area (TPSA) is 15.3 Å². The van der Waals surface area contributed by atoms with Gasteiger partial charge in [0.15, 0.2) is 0 Å². The maximum absolute atomic E-state index is 3.53. The SMILES string of the molecule is CC1CC(C)N(Cc2ccccc2CNC(C)C)C1. The van der Waals surface area contributed by atoms with Crippen molar-refractivity contribution in [3.05, 3.63) is 35.4 Å². The second-order valence-electron chi connectivity index (χ2n) is 6.42. The van der Waals surface area contributed by atoms with Crippen LogP contribution in [0.25, 0.3) is 0 Å². The van der Waals surface area contributed by atoms with Crippen molar-refractivity contribution in [2.24, 2.45) is 5.92 Å². The van der Waals surface area contributed by atoms with E-state index in [0.717, 1.165) is 25.0 Å². The predicted octanol–water partition coefficient (Wildman–Crippen LogP) is 3.41. The van der Waals surface area contributed by atoms with Crippen LogP contribution in [0.2, 0.25) is 0 Å². The van der Waals surface area contributed by atoms with Crippen LogP contribution in [0.5, 0.6) is 0 Å². The predicted molar refractivity (Wildman–Crippen MR) is 82.1 cm³/mol. The van der Waals surface area contributed by atoms with E-state index in [2.05, 4.69) is 62.2 Å². The smallest absolute Gasteiger partial charge is 0.0239 e. The summed E-state index contributed by atoms with van der Waals surface area (Å²) in [5.41, 5.74) is 2.93. The maximum Gasteiger partial charge on any atom is 0.0239 e. The summed E-state index contributed by atoms with van der Waals surface area (Å²) in [5, 5.41) is 3.53. The van der Waals surface area contributed by atoms with Gasteiger partial charge in [0, 0.05) is 31.7 Å². The first-order valence-electron chi connectivity index (χ1n) is 7.60. The van der Waals surface area contributed by atoms with Gasteiger partial charge in [-0.25, -0.2) is 0 Å². The molecule has 1 fully saturated rings. The van der Waals surface area contributed by atoms with Crippen LogP contribution >= 0.6 is 0 Å². The van der Waals surface area contributed by atoms with E-state index in [1.54, 1.807) is 0 Å². The minimum Gasteiger partial charge on any atom is -0.310 e. The van der Waals surface area contributed by atoms with Crippen molar-refractivity contribution in [2.75, 3.05) is 6.54 Å². The highest BCUT2D eigenvalue weighted by Crippen LogP contribution is 2.25. The Kier molecular flexibility index (Phi) is 5.00. The van der Waals surface area contributed by atoms with Crippen LogP contribution in [-0.2, 0) is 13.1 Å². The number of hydrogen-bond acceptors (Lipinski definition) is 2. The fourth-order valence-electron chi connectivity index (χ4n) is 3.02. The molecule has 1 saturated heterocycles. The second kappa shape index (κ2) is 6.53. The fraction of sp³-hybridized carbons (Fsp3) is 0.647. The molecule has 2 unspecified atom stereocenters. The van der Waals surface area contributed by atoms with E-state index in [9.17, 15) is 0 Å². The first-order chi connectivity index (χ1) is 9.06. The number of likely N-dealkylation sites (tertiary alicyclic amines) is 1. The Morgan fingerprint density at radius 3 is 2.47 bits per heavy atom. The molecule has 106 valence electrons. The van der Waals surface area contributed by atoms with Crippen LogP contribution in [0, 0.1) is 5.92 Å². The van der Waals surface area contributed by atoms with Crippen LogP contribution in [0.1, 0.15) is 45.2 Å². The van der Waals surface area contributed by atoms with Crippen LogP contribution < -0.4 is 5.32 Å². The van der Waals surface area contributed by atoms with E-state index in [0.29, 0.717) is 6.04 Å². The van der Waals surface area contributed by atoms with E-state index in [4.69, 9.17) is 0 Å². The number of rotatable bonds is 5. The molecule has 1 heterocycles. The summed E-state index contributed by atoms with van der Waals surface area (Å²) >= 11 is 0.